The molecule has 1 aromatic carbocycles. The molecule has 0 saturated carbocycles. The standard InChI is InChI=1S/C11H16N2O3/c1-8(6-14)13-11(15)7-16-10-5-3-2-4-9(10)12/h2-5,8,14H,6-7,12H2,1H3,(H,13,15). The Kier molecular flexibility index (Phi) is 4.60. The summed E-state index contributed by atoms with van der Waals surface area (Å²) in [5.41, 5.74) is 6.13. The van der Waals surface area contributed by atoms with Crippen LogP contribution in [0.2, 0.25) is 0 Å². The van der Waals surface area contributed by atoms with Crippen molar-refractivity contribution < 1.29 is 14.6 Å². The number of amides is 1. The number of aliphatic hydroxyl groups is 1. The van der Waals surface area contributed by atoms with E-state index in [0.29, 0.717) is 11.4 Å². The largest absolute Gasteiger partial charge is 0.482 e. The number of aliphatic hydroxyl groups excluding tert-OH is 1. The molecule has 1 atom stereocenters. The molecule has 0 bridgehead atoms. The summed E-state index contributed by atoms with van der Waals surface area (Å²) in [5.74, 6) is 0.194. The first-order chi connectivity index (χ1) is 7.63. The van der Waals surface area contributed by atoms with Crippen molar-refractivity contribution in [1.82, 2.24) is 5.32 Å². The predicted octanol–water partition coefficient (Wildman–Crippen LogP) is 0.145. The van der Waals surface area contributed by atoms with Gasteiger partial charge in [0.15, 0.2) is 6.61 Å². The van der Waals surface area contributed by atoms with E-state index in [9.17, 15) is 4.79 Å². The monoisotopic (exact) mass is 224 g/mol. The zero-order chi connectivity index (χ0) is 12.0. The minimum atomic E-state index is -0.287. The highest BCUT2D eigenvalue weighted by atomic mass is 16.5. The van der Waals surface area contributed by atoms with Gasteiger partial charge in [-0.3, -0.25) is 4.79 Å². The van der Waals surface area contributed by atoms with Crippen molar-refractivity contribution in [3.8, 4) is 5.75 Å². The number of carbonyl (C=O) groups is 1. The number of nitrogens with one attached hydrogen (secondary N) is 1. The van der Waals surface area contributed by atoms with Crippen molar-refractivity contribution in [3.63, 3.8) is 0 Å². The molecule has 0 aliphatic rings. The van der Waals surface area contributed by atoms with E-state index in [2.05, 4.69) is 5.32 Å². The lowest BCUT2D eigenvalue weighted by atomic mass is 10.3. The number of hydrogen-bond donors (Lipinski definition) is 3. The van der Waals surface area contributed by atoms with E-state index in [0.717, 1.165) is 0 Å². The van der Waals surface area contributed by atoms with E-state index in [1.165, 1.54) is 0 Å². The number of nitrogens with two attached hydrogens (primary N) is 1. The second-order valence-corrected chi connectivity index (χ2v) is 3.48. The molecular formula is C11H16N2O3. The van der Waals surface area contributed by atoms with Gasteiger partial charge in [-0.05, 0) is 19.1 Å². The maximum Gasteiger partial charge on any atom is 0.258 e. The zero-order valence-corrected chi connectivity index (χ0v) is 9.14. The second kappa shape index (κ2) is 5.97. The van der Waals surface area contributed by atoms with Gasteiger partial charge in [0.2, 0.25) is 0 Å². The number of carbonyl (C=O) groups excluding carboxylic acids is 1. The third kappa shape index (κ3) is 3.78. The minimum absolute atomic E-state index is 0.0980. The van der Waals surface area contributed by atoms with Crippen molar-refractivity contribution >= 4 is 11.6 Å². The molecule has 1 aromatic rings. The summed E-state index contributed by atoms with van der Waals surface area (Å²) < 4.78 is 5.23. The number of benzene rings is 1. The highest BCUT2D eigenvalue weighted by Gasteiger charge is 2.07. The summed E-state index contributed by atoms with van der Waals surface area (Å²) in [5, 5.41) is 11.3. The number of ether oxygens (including phenoxy) is 1. The fourth-order valence-electron chi connectivity index (χ4n) is 1.12. The van der Waals surface area contributed by atoms with Gasteiger partial charge < -0.3 is 20.9 Å². The molecule has 0 aliphatic heterocycles. The highest BCUT2D eigenvalue weighted by molar-refractivity contribution is 5.78. The lowest BCUT2D eigenvalue weighted by Crippen LogP contribution is -2.38. The predicted molar refractivity (Wildman–Crippen MR) is 61.0 cm³/mol. The zero-order valence-electron chi connectivity index (χ0n) is 9.14. The van der Waals surface area contributed by atoms with Gasteiger partial charge in [0.05, 0.1) is 12.3 Å². The first-order valence-electron chi connectivity index (χ1n) is 5.01. The van der Waals surface area contributed by atoms with Crippen LogP contribution in [0, 0.1) is 0 Å². The Hall–Kier alpha value is -1.75. The maximum atomic E-state index is 11.3. The molecule has 0 heterocycles. The summed E-state index contributed by atoms with van der Waals surface area (Å²) in [6.45, 7) is 1.49. The van der Waals surface area contributed by atoms with Crippen molar-refractivity contribution in [1.29, 1.82) is 0 Å². The summed E-state index contributed by atoms with van der Waals surface area (Å²) >= 11 is 0. The van der Waals surface area contributed by atoms with Gasteiger partial charge in [0, 0.05) is 6.04 Å². The van der Waals surface area contributed by atoms with Gasteiger partial charge in [-0.2, -0.15) is 0 Å². The Bertz CT molecular complexity index is 355. The Labute approximate surface area is 94.2 Å². The Morgan fingerprint density at radius 2 is 2.25 bits per heavy atom. The smallest absolute Gasteiger partial charge is 0.258 e. The molecule has 0 radical (unpaired) electrons. The second-order valence-electron chi connectivity index (χ2n) is 3.48. The molecule has 5 heteroatoms. The van der Waals surface area contributed by atoms with E-state index in [1.807, 2.05) is 0 Å². The van der Waals surface area contributed by atoms with Crippen molar-refractivity contribution in [2.45, 2.75) is 13.0 Å². The molecule has 1 rings (SSSR count). The quantitative estimate of drug-likeness (QED) is 0.621. The van der Waals surface area contributed by atoms with Gasteiger partial charge >= 0.3 is 0 Å². The van der Waals surface area contributed by atoms with E-state index in [4.69, 9.17) is 15.6 Å². The van der Waals surface area contributed by atoms with Gasteiger partial charge in [-0.25, -0.2) is 0 Å². The Morgan fingerprint density at radius 3 is 2.88 bits per heavy atom. The van der Waals surface area contributed by atoms with Crippen LogP contribution in [0.1, 0.15) is 6.92 Å². The maximum absolute atomic E-state index is 11.3. The topological polar surface area (TPSA) is 84.6 Å². The van der Waals surface area contributed by atoms with Gasteiger partial charge in [-0.1, -0.05) is 12.1 Å². The van der Waals surface area contributed by atoms with Crippen LogP contribution in [-0.4, -0.2) is 30.3 Å². The van der Waals surface area contributed by atoms with Gasteiger partial charge in [0.25, 0.3) is 5.91 Å². The molecule has 4 N–H and O–H groups in total. The first-order valence-corrected chi connectivity index (χ1v) is 5.01. The molecule has 0 aromatic heterocycles. The van der Waals surface area contributed by atoms with Gasteiger partial charge in [0.1, 0.15) is 5.75 Å². The third-order valence-electron chi connectivity index (χ3n) is 1.96. The number of nitrogen functional groups attached to an aromatic ring is 1. The molecule has 88 valence electrons. The molecular weight excluding hydrogens is 208 g/mol. The van der Waals surface area contributed by atoms with E-state index in [-0.39, 0.29) is 25.2 Å². The van der Waals surface area contributed by atoms with Crippen LogP contribution in [0.15, 0.2) is 24.3 Å². The number of anilines is 1. The average molecular weight is 224 g/mol. The van der Waals surface area contributed by atoms with Crippen LogP contribution in [0.25, 0.3) is 0 Å². The molecule has 1 unspecified atom stereocenters. The van der Waals surface area contributed by atoms with E-state index < -0.39 is 0 Å². The minimum Gasteiger partial charge on any atom is -0.482 e. The number of para-hydroxylation sites is 2. The number of rotatable bonds is 5. The summed E-state index contributed by atoms with van der Waals surface area (Å²) in [6, 6.07) is 6.68. The molecule has 0 fully saturated rings. The van der Waals surface area contributed by atoms with Crippen LogP contribution in [-0.2, 0) is 4.79 Å². The van der Waals surface area contributed by atoms with Crippen LogP contribution < -0.4 is 15.8 Å². The normalized spacial score (nSPS) is 11.9. The molecule has 0 spiro atoms. The van der Waals surface area contributed by atoms with Gasteiger partial charge in [-0.15, -0.1) is 0 Å². The van der Waals surface area contributed by atoms with Crippen LogP contribution >= 0.6 is 0 Å². The van der Waals surface area contributed by atoms with Crippen molar-refractivity contribution in [2.75, 3.05) is 18.9 Å². The highest BCUT2D eigenvalue weighted by Crippen LogP contribution is 2.19. The first kappa shape index (κ1) is 12.3. The molecule has 16 heavy (non-hydrogen) atoms. The molecule has 1 amide bonds. The lowest BCUT2D eigenvalue weighted by molar-refractivity contribution is -0.123. The lowest BCUT2D eigenvalue weighted by Gasteiger charge is -2.12. The van der Waals surface area contributed by atoms with Crippen LogP contribution in [0.5, 0.6) is 5.75 Å². The average Bonchev–Trinajstić information content (AvgIpc) is 2.28. The molecule has 0 saturated heterocycles. The fourth-order valence-corrected chi connectivity index (χ4v) is 1.12. The van der Waals surface area contributed by atoms with E-state index in [1.54, 1.807) is 31.2 Å². The van der Waals surface area contributed by atoms with Crippen LogP contribution in [0.3, 0.4) is 0 Å². The Morgan fingerprint density at radius 1 is 1.56 bits per heavy atom. The summed E-state index contributed by atoms with van der Waals surface area (Å²) in [4.78, 5) is 11.3. The Balaban J connectivity index is 2.40. The van der Waals surface area contributed by atoms with Crippen LogP contribution in [0.4, 0.5) is 5.69 Å². The summed E-state index contributed by atoms with van der Waals surface area (Å²) in [7, 11) is 0. The summed E-state index contributed by atoms with van der Waals surface area (Å²) in [6.07, 6.45) is 0. The molecule has 0 aliphatic carbocycles. The SMILES string of the molecule is CC(CO)NC(=O)COc1ccccc1N. The fraction of sp³-hybridized carbons (Fsp3) is 0.364. The number of hydrogen-bond acceptors (Lipinski definition) is 4. The third-order valence-corrected chi connectivity index (χ3v) is 1.96. The van der Waals surface area contributed by atoms with Crippen molar-refractivity contribution in [2.24, 2.45) is 0 Å². The molecule has 5 nitrogen and oxygen atoms in total. The van der Waals surface area contributed by atoms with Crippen molar-refractivity contribution in [3.05, 3.63) is 24.3 Å². The van der Waals surface area contributed by atoms with E-state index >= 15 is 0 Å².